The molecule has 2 atom stereocenters. The maximum absolute atomic E-state index is 11.2. The van der Waals surface area contributed by atoms with Crippen LogP contribution in [0.3, 0.4) is 0 Å². The lowest BCUT2D eigenvalue weighted by molar-refractivity contribution is -0.150. The van der Waals surface area contributed by atoms with Crippen LogP contribution in [0.2, 0.25) is 0 Å². The van der Waals surface area contributed by atoms with E-state index in [2.05, 4.69) is 11.8 Å². The van der Waals surface area contributed by atoms with Gasteiger partial charge in [0.1, 0.15) is 0 Å². The Bertz CT molecular complexity index is 244. The summed E-state index contributed by atoms with van der Waals surface area (Å²) in [5.41, 5.74) is -0.629. The monoisotopic (exact) mass is 229 g/mol. The Morgan fingerprint density at radius 1 is 1.56 bits per heavy atom. The fraction of sp³-hybridized carbons (Fsp3) is 0.917. The van der Waals surface area contributed by atoms with Crippen molar-refractivity contribution in [2.24, 2.45) is 5.41 Å². The number of hydrogen-bond acceptors (Lipinski definition) is 3. The molecule has 0 aromatic carbocycles. The van der Waals surface area contributed by atoms with Gasteiger partial charge in [0.25, 0.3) is 0 Å². The summed E-state index contributed by atoms with van der Waals surface area (Å²) in [5, 5.41) is 9.23. The summed E-state index contributed by atoms with van der Waals surface area (Å²) in [7, 11) is 0. The van der Waals surface area contributed by atoms with E-state index in [-0.39, 0.29) is 6.10 Å². The third-order valence-electron chi connectivity index (χ3n) is 3.55. The van der Waals surface area contributed by atoms with E-state index < -0.39 is 11.4 Å². The first kappa shape index (κ1) is 13.5. The average molecular weight is 229 g/mol. The smallest absolute Gasteiger partial charge is 0.310 e. The highest BCUT2D eigenvalue weighted by molar-refractivity contribution is 5.74. The molecule has 4 heteroatoms. The predicted molar refractivity (Wildman–Crippen MR) is 62.5 cm³/mol. The van der Waals surface area contributed by atoms with E-state index in [1.165, 1.54) is 0 Å². The number of carboxylic acid groups (broad SMARTS) is 1. The van der Waals surface area contributed by atoms with Crippen LogP contribution in [0.25, 0.3) is 0 Å². The SMILES string of the molecule is CCC1CN(CC(C)(CC)C(=O)O)CCO1. The Hall–Kier alpha value is -0.610. The van der Waals surface area contributed by atoms with Gasteiger partial charge in [0, 0.05) is 19.6 Å². The first-order valence-corrected chi connectivity index (χ1v) is 6.09. The zero-order valence-corrected chi connectivity index (χ0v) is 10.5. The third-order valence-corrected chi connectivity index (χ3v) is 3.55. The van der Waals surface area contributed by atoms with Gasteiger partial charge in [-0.05, 0) is 19.8 Å². The molecule has 1 heterocycles. The number of morpholine rings is 1. The highest BCUT2D eigenvalue weighted by atomic mass is 16.5. The zero-order chi connectivity index (χ0) is 12.2. The topological polar surface area (TPSA) is 49.8 Å². The minimum absolute atomic E-state index is 0.267. The van der Waals surface area contributed by atoms with Crippen molar-refractivity contribution >= 4 is 5.97 Å². The van der Waals surface area contributed by atoms with E-state index in [1.807, 2.05) is 13.8 Å². The van der Waals surface area contributed by atoms with Crippen LogP contribution in [0.1, 0.15) is 33.6 Å². The van der Waals surface area contributed by atoms with Gasteiger partial charge in [-0.3, -0.25) is 9.69 Å². The van der Waals surface area contributed by atoms with Gasteiger partial charge in [-0.15, -0.1) is 0 Å². The maximum Gasteiger partial charge on any atom is 0.310 e. The van der Waals surface area contributed by atoms with Crippen molar-refractivity contribution in [2.75, 3.05) is 26.2 Å². The van der Waals surface area contributed by atoms with E-state index in [4.69, 9.17) is 4.74 Å². The second-order valence-electron chi connectivity index (χ2n) is 4.86. The molecule has 0 radical (unpaired) electrons. The fourth-order valence-electron chi connectivity index (χ4n) is 2.00. The number of rotatable bonds is 5. The molecular formula is C12H23NO3. The van der Waals surface area contributed by atoms with Crippen LogP contribution < -0.4 is 0 Å². The normalized spacial score (nSPS) is 26.3. The second kappa shape index (κ2) is 5.64. The molecule has 16 heavy (non-hydrogen) atoms. The molecule has 0 amide bonds. The summed E-state index contributed by atoms with van der Waals surface area (Å²) in [6.45, 7) is 8.91. The van der Waals surface area contributed by atoms with Crippen LogP contribution in [0.15, 0.2) is 0 Å². The van der Waals surface area contributed by atoms with Crippen molar-refractivity contribution in [3.8, 4) is 0 Å². The van der Waals surface area contributed by atoms with Crippen LogP contribution >= 0.6 is 0 Å². The highest BCUT2D eigenvalue weighted by Gasteiger charge is 2.34. The van der Waals surface area contributed by atoms with Crippen molar-refractivity contribution in [1.29, 1.82) is 0 Å². The molecule has 4 nitrogen and oxygen atoms in total. The molecule has 0 aromatic rings. The molecule has 0 spiro atoms. The number of carboxylic acids is 1. The summed E-state index contributed by atoms with van der Waals surface area (Å²) in [5.74, 6) is -0.699. The van der Waals surface area contributed by atoms with Crippen molar-refractivity contribution in [1.82, 2.24) is 4.90 Å². The molecule has 1 saturated heterocycles. The van der Waals surface area contributed by atoms with Crippen LogP contribution in [-0.4, -0.2) is 48.3 Å². The van der Waals surface area contributed by atoms with Gasteiger partial charge in [-0.25, -0.2) is 0 Å². The Morgan fingerprint density at radius 3 is 2.75 bits per heavy atom. The van der Waals surface area contributed by atoms with Crippen LogP contribution in [0, 0.1) is 5.41 Å². The van der Waals surface area contributed by atoms with E-state index in [0.717, 1.165) is 26.1 Å². The molecular weight excluding hydrogens is 206 g/mol. The van der Waals surface area contributed by atoms with Gasteiger partial charge in [0.05, 0.1) is 18.1 Å². The summed E-state index contributed by atoms with van der Waals surface area (Å²) in [6.07, 6.45) is 1.92. The summed E-state index contributed by atoms with van der Waals surface area (Å²) in [6, 6.07) is 0. The van der Waals surface area contributed by atoms with Gasteiger partial charge in [0.2, 0.25) is 0 Å². The standard InChI is InChI=1S/C12H23NO3/c1-4-10-8-13(6-7-16-10)9-12(3,5-2)11(14)15/h10H,4-9H2,1-3H3,(H,14,15). The quantitative estimate of drug-likeness (QED) is 0.778. The molecule has 1 aliphatic rings. The molecule has 0 aromatic heterocycles. The zero-order valence-electron chi connectivity index (χ0n) is 10.5. The van der Waals surface area contributed by atoms with E-state index in [1.54, 1.807) is 0 Å². The molecule has 0 aliphatic carbocycles. The average Bonchev–Trinajstić information content (AvgIpc) is 2.29. The first-order chi connectivity index (χ1) is 7.51. The number of nitrogens with zero attached hydrogens (tertiary/aromatic N) is 1. The largest absolute Gasteiger partial charge is 0.481 e. The number of carbonyl (C=O) groups is 1. The van der Waals surface area contributed by atoms with E-state index in [0.29, 0.717) is 13.0 Å². The summed E-state index contributed by atoms with van der Waals surface area (Å²) >= 11 is 0. The Labute approximate surface area is 97.6 Å². The lowest BCUT2D eigenvalue weighted by atomic mass is 9.87. The van der Waals surface area contributed by atoms with Crippen LogP contribution in [0.4, 0.5) is 0 Å². The Kier molecular flexibility index (Phi) is 4.74. The lowest BCUT2D eigenvalue weighted by Crippen LogP contribution is -2.48. The predicted octanol–water partition coefficient (Wildman–Crippen LogP) is 1.60. The first-order valence-electron chi connectivity index (χ1n) is 6.09. The minimum Gasteiger partial charge on any atom is -0.481 e. The molecule has 0 bridgehead atoms. The Morgan fingerprint density at radius 2 is 2.25 bits per heavy atom. The summed E-state index contributed by atoms with van der Waals surface area (Å²) < 4.78 is 5.58. The molecule has 0 saturated carbocycles. The van der Waals surface area contributed by atoms with Crippen molar-refractivity contribution in [3.05, 3.63) is 0 Å². The highest BCUT2D eigenvalue weighted by Crippen LogP contribution is 2.24. The fourth-order valence-corrected chi connectivity index (χ4v) is 2.00. The van der Waals surface area contributed by atoms with Crippen molar-refractivity contribution in [2.45, 2.75) is 39.7 Å². The third kappa shape index (κ3) is 3.19. The Balaban J connectivity index is 2.55. The van der Waals surface area contributed by atoms with Gasteiger partial charge in [-0.1, -0.05) is 13.8 Å². The maximum atomic E-state index is 11.2. The number of aliphatic carboxylic acids is 1. The van der Waals surface area contributed by atoms with Gasteiger partial charge in [0.15, 0.2) is 0 Å². The van der Waals surface area contributed by atoms with Gasteiger partial charge < -0.3 is 9.84 Å². The van der Waals surface area contributed by atoms with Crippen molar-refractivity contribution in [3.63, 3.8) is 0 Å². The number of hydrogen-bond donors (Lipinski definition) is 1. The number of ether oxygens (including phenoxy) is 1. The molecule has 1 rings (SSSR count). The van der Waals surface area contributed by atoms with Crippen LogP contribution in [-0.2, 0) is 9.53 Å². The lowest BCUT2D eigenvalue weighted by Gasteiger charge is -2.37. The van der Waals surface area contributed by atoms with E-state index >= 15 is 0 Å². The molecule has 1 N–H and O–H groups in total. The molecule has 1 aliphatic heterocycles. The second-order valence-corrected chi connectivity index (χ2v) is 4.86. The van der Waals surface area contributed by atoms with E-state index in [9.17, 15) is 9.90 Å². The molecule has 94 valence electrons. The van der Waals surface area contributed by atoms with Crippen LogP contribution in [0.5, 0.6) is 0 Å². The molecule has 2 unspecified atom stereocenters. The summed E-state index contributed by atoms with van der Waals surface area (Å²) in [4.78, 5) is 13.4. The minimum atomic E-state index is -0.699. The van der Waals surface area contributed by atoms with Gasteiger partial charge >= 0.3 is 5.97 Å². The van der Waals surface area contributed by atoms with Crippen molar-refractivity contribution < 1.29 is 14.6 Å². The molecule has 1 fully saturated rings. The van der Waals surface area contributed by atoms with Gasteiger partial charge in [-0.2, -0.15) is 0 Å².